The lowest BCUT2D eigenvalue weighted by molar-refractivity contribution is -0.129. The number of halogens is 1. The molecule has 5 heteroatoms. The molecule has 120 valence electrons. The number of rotatable bonds is 4. The molecule has 0 bridgehead atoms. The lowest BCUT2D eigenvalue weighted by Gasteiger charge is -2.01. The Kier molecular flexibility index (Phi) is 4.52. The predicted molar refractivity (Wildman–Crippen MR) is 89.9 cm³/mol. The fraction of sp³-hybridized carbons (Fsp3) is 0.0526. The third-order valence-electron chi connectivity index (χ3n) is 3.33. The van der Waals surface area contributed by atoms with Crippen molar-refractivity contribution in [3.8, 4) is 5.75 Å². The van der Waals surface area contributed by atoms with E-state index in [9.17, 15) is 9.18 Å². The molecule has 0 saturated heterocycles. The third-order valence-corrected chi connectivity index (χ3v) is 3.33. The van der Waals surface area contributed by atoms with Crippen LogP contribution in [0.2, 0.25) is 0 Å². The number of benzene rings is 2. The number of cyclic esters (lactones) is 1. The van der Waals surface area contributed by atoms with Crippen molar-refractivity contribution < 1.29 is 18.7 Å². The Morgan fingerprint density at radius 2 is 1.88 bits per heavy atom. The van der Waals surface area contributed by atoms with Crippen LogP contribution in [0.15, 0.2) is 65.3 Å². The Morgan fingerprint density at radius 3 is 2.58 bits per heavy atom. The van der Waals surface area contributed by atoms with Crippen molar-refractivity contribution in [3.63, 3.8) is 0 Å². The number of carbonyl (C=O) groups is 1. The van der Waals surface area contributed by atoms with Crippen molar-refractivity contribution in [2.24, 2.45) is 4.99 Å². The number of methoxy groups -OCH3 is 1. The Morgan fingerprint density at radius 1 is 1.08 bits per heavy atom. The van der Waals surface area contributed by atoms with E-state index in [0.717, 1.165) is 5.56 Å². The average molecular weight is 323 g/mol. The highest BCUT2D eigenvalue weighted by atomic mass is 19.1. The number of hydrogen-bond donors (Lipinski definition) is 0. The maximum atomic E-state index is 13.7. The molecule has 0 N–H and O–H groups in total. The average Bonchev–Trinajstić information content (AvgIpc) is 2.94. The van der Waals surface area contributed by atoms with Gasteiger partial charge in [0.15, 0.2) is 17.3 Å². The first-order chi connectivity index (χ1) is 11.7. The standard InChI is InChI=1S/C19H14FNO3/c1-23-17-9-7-14(11-15(17)20)12-16-19(22)24-18(21-16)10-8-13-5-3-2-4-6-13/h2-12H,1H3/b10-8+,16-12-. The van der Waals surface area contributed by atoms with E-state index >= 15 is 0 Å². The Bertz CT molecular complexity index is 854. The zero-order chi connectivity index (χ0) is 16.9. The fourth-order valence-electron chi connectivity index (χ4n) is 2.16. The molecule has 0 unspecified atom stereocenters. The molecule has 0 atom stereocenters. The third kappa shape index (κ3) is 3.57. The summed E-state index contributed by atoms with van der Waals surface area (Å²) in [6.07, 6.45) is 4.87. The smallest absolute Gasteiger partial charge is 0.363 e. The van der Waals surface area contributed by atoms with Gasteiger partial charge in [-0.05, 0) is 35.4 Å². The molecule has 0 saturated carbocycles. The molecule has 4 nitrogen and oxygen atoms in total. The second-order valence-corrected chi connectivity index (χ2v) is 5.01. The molecule has 24 heavy (non-hydrogen) atoms. The van der Waals surface area contributed by atoms with Crippen LogP contribution in [0, 0.1) is 5.82 Å². The van der Waals surface area contributed by atoms with Gasteiger partial charge in [0.2, 0.25) is 5.90 Å². The first kappa shape index (κ1) is 15.7. The van der Waals surface area contributed by atoms with Crippen LogP contribution in [0.25, 0.3) is 12.2 Å². The van der Waals surface area contributed by atoms with Crippen molar-refractivity contribution >= 4 is 24.0 Å². The van der Waals surface area contributed by atoms with Gasteiger partial charge in [-0.1, -0.05) is 36.4 Å². The summed E-state index contributed by atoms with van der Waals surface area (Å²) in [5.41, 5.74) is 1.58. The molecule has 2 aromatic rings. The van der Waals surface area contributed by atoms with Crippen LogP contribution in [0.4, 0.5) is 4.39 Å². The molecular formula is C19H14FNO3. The molecule has 1 heterocycles. The minimum Gasteiger partial charge on any atom is -0.494 e. The van der Waals surface area contributed by atoms with Gasteiger partial charge in [-0.3, -0.25) is 0 Å². The summed E-state index contributed by atoms with van der Waals surface area (Å²) in [5.74, 6) is -0.740. The zero-order valence-corrected chi connectivity index (χ0v) is 12.9. The number of nitrogens with zero attached hydrogens (tertiary/aromatic N) is 1. The highest BCUT2D eigenvalue weighted by Crippen LogP contribution is 2.21. The molecule has 0 aliphatic carbocycles. The minimum atomic E-state index is -0.570. The van der Waals surface area contributed by atoms with E-state index in [0.29, 0.717) is 5.56 Å². The van der Waals surface area contributed by atoms with Crippen molar-refractivity contribution in [3.05, 3.63) is 77.2 Å². The maximum absolute atomic E-state index is 13.7. The number of carbonyl (C=O) groups excluding carboxylic acids is 1. The topological polar surface area (TPSA) is 47.9 Å². The largest absolute Gasteiger partial charge is 0.494 e. The lowest BCUT2D eigenvalue weighted by atomic mass is 10.2. The van der Waals surface area contributed by atoms with E-state index < -0.39 is 11.8 Å². The summed E-state index contributed by atoms with van der Waals surface area (Å²) in [6.45, 7) is 0. The van der Waals surface area contributed by atoms with Crippen LogP contribution in [-0.4, -0.2) is 19.0 Å². The van der Waals surface area contributed by atoms with Gasteiger partial charge in [0.25, 0.3) is 0 Å². The quantitative estimate of drug-likeness (QED) is 0.634. The fourth-order valence-corrected chi connectivity index (χ4v) is 2.16. The van der Waals surface area contributed by atoms with Crippen LogP contribution in [0.5, 0.6) is 5.75 Å². The molecular weight excluding hydrogens is 309 g/mol. The number of esters is 1. The summed E-state index contributed by atoms with van der Waals surface area (Å²) < 4.78 is 23.6. The first-order valence-corrected chi connectivity index (χ1v) is 7.25. The molecule has 2 aromatic carbocycles. The Labute approximate surface area is 138 Å². The van der Waals surface area contributed by atoms with E-state index in [1.165, 1.54) is 25.3 Å². The molecule has 0 amide bonds. The Balaban J connectivity index is 1.81. The second kappa shape index (κ2) is 6.91. The van der Waals surface area contributed by atoms with E-state index in [4.69, 9.17) is 9.47 Å². The van der Waals surface area contributed by atoms with Gasteiger partial charge in [-0.15, -0.1) is 0 Å². The van der Waals surface area contributed by atoms with Crippen molar-refractivity contribution in [1.29, 1.82) is 0 Å². The molecule has 1 aliphatic rings. The normalized spacial score (nSPS) is 15.7. The number of aliphatic imine (C=N–C) groups is 1. The van der Waals surface area contributed by atoms with Crippen LogP contribution in [0.3, 0.4) is 0 Å². The van der Waals surface area contributed by atoms with Gasteiger partial charge in [0, 0.05) is 6.08 Å². The van der Waals surface area contributed by atoms with Gasteiger partial charge in [-0.25, -0.2) is 14.2 Å². The summed E-state index contributed by atoms with van der Waals surface area (Å²) in [4.78, 5) is 16.0. The summed E-state index contributed by atoms with van der Waals surface area (Å²) in [6, 6.07) is 14.0. The first-order valence-electron chi connectivity index (χ1n) is 7.25. The van der Waals surface area contributed by atoms with Gasteiger partial charge in [0.1, 0.15) is 0 Å². The molecule has 0 spiro atoms. The van der Waals surface area contributed by atoms with E-state index in [1.54, 1.807) is 18.2 Å². The summed E-state index contributed by atoms with van der Waals surface area (Å²) in [5, 5.41) is 0. The Hall–Kier alpha value is -3.21. The number of ether oxygens (including phenoxy) is 2. The number of hydrogen-bond acceptors (Lipinski definition) is 4. The molecule has 0 fully saturated rings. The minimum absolute atomic E-state index is 0.118. The molecule has 0 radical (unpaired) electrons. The second-order valence-electron chi connectivity index (χ2n) is 5.01. The van der Waals surface area contributed by atoms with E-state index in [1.807, 2.05) is 30.3 Å². The highest BCUT2D eigenvalue weighted by Gasteiger charge is 2.21. The highest BCUT2D eigenvalue weighted by molar-refractivity contribution is 6.11. The van der Waals surface area contributed by atoms with Crippen molar-refractivity contribution in [2.45, 2.75) is 0 Å². The SMILES string of the molecule is COc1ccc(/C=C2N=C(/C=C/c3ccccc3)OC\2=O)cc1F. The van der Waals surface area contributed by atoms with E-state index in [-0.39, 0.29) is 17.3 Å². The summed E-state index contributed by atoms with van der Waals surface area (Å²) >= 11 is 0. The van der Waals surface area contributed by atoms with E-state index in [2.05, 4.69) is 4.99 Å². The van der Waals surface area contributed by atoms with Crippen molar-refractivity contribution in [1.82, 2.24) is 0 Å². The van der Waals surface area contributed by atoms with Crippen LogP contribution < -0.4 is 4.74 Å². The van der Waals surface area contributed by atoms with Crippen LogP contribution >= 0.6 is 0 Å². The van der Waals surface area contributed by atoms with Gasteiger partial charge >= 0.3 is 5.97 Å². The van der Waals surface area contributed by atoms with Crippen molar-refractivity contribution in [2.75, 3.05) is 7.11 Å². The zero-order valence-electron chi connectivity index (χ0n) is 12.9. The van der Waals surface area contributed by atoms with Crippen LogP contribution in [0.1, 0.15) is 11.1 Å². The van der Waals surface area contributed by atoms with Gasteiger partial charge in [0.05, 0.1) is 7.11 Å². The molecule has 1 aliphatic heterocycles. The van der Waals surface area contributed by atoms with Gasteiger partial charge < -0.3 is 9.47 Å². The predicted octanol–water partition coefficient (Wildman–Crippen LogP) is 3.84. The lowest BCUT2D eigenvalue weighted by Crippen LogP contribution is -2.01. The monoisotopic (exact) mass is 323 g/mol. The molecule has 3 rings (SSSR count). The van der Waals surface area contributed by atoms with Crippen LogP contribution in [-0.2, 0) is 9.53 Å². The maximum Gasteiger partial charge on any atom is 0.363 e. The molecule has 0 aromatic heterocycles. The van der Waals surface area contributed by atoms with Gasteiger partial charge in [-0.2, -0.15) is 0 Å². The summed E-state index contributed by atoms with van der Waals surface area (Å²) in [7, 11) is 1.39.